The summed E-state index contributed by atoms with van der Waals surface area (Å²) in [7, 11) is -3.21. The minimum absolute atomic E-state index is 0.0665. The molecule has 1 fully saturated rings. The van der Waals surface area contributed by atoms with Crippen LogP contribution in [-0.4, -0.2) is 19.3 Å². The molecule has 1 heterocycles. The number of aliphatic hydroxyl groups is 1. The van der Waals surface area contributed by atoms with Crippen LogP contribution in [-0.2, 0) is 15.4 Å². The number of benzene rings is 1. The number of rotatable bonds is 1. The maximum absolute atomic E-state index is 12.1. The lowest BCUT2D eigenvalue weighted by atomic mass is 9.72. The Balaban J connectivity index is 2.08. The lowest BCUT2D eigenvalue weighted by molar-refractivity contribution is -0.0456. The Kier molecular flexibility index (Phi) is 3.18. The highest BCUT2D eigenvalue weighted by Gasteiger charge is 2.45. The normalized spacial score (nSPS) is 30.8. The van der Waals surface area contributed by atoms with Crippen LogP contribution in [0.1, 0.15) is 44.1 Å². The number of hydrogen-bond acceptors (Lipinski definition) is 3. The van der Waals surface area contributed by atoms with E-state index in [2.05, 4.69) is 0 Å². The van der Waals surface area contributed by atoms with Crippen LogP contribution in [0.4, 0.5) is 0 Å². The van der Waals surface area contributed by atoms with Crippen LogP contribution in [0.2, 0.25) is 0 Å². The summed E-state index contributed by atoms with van der Waals surface area (Å²) in [4.78, 5) is 0.342. The average Bonchev–Trinajstić information content (AvgIpc) is 2.45. The topological polar surface area (TPSA) is 54.4 Å². The second-order valence-corrected chi connectivity index (χ2v) is 7.90. The van der Waals surface area contributed by atoms with Crippen LogP contribution >= 0.6 is 0 Å². The van der Waals surface area contributed by atoms with E-state index in [0.717, 1.165) is 25.7 Å². The van der Waals surface area contributed by atoms with Gasteiger partial charge in [0.25, 0.3) is 0 Å². The van der Waals surface area contributed by atoms with Crippen molar-refractivity contribution < 1.29 is 13.5 Å². The van der Waals surface area contributed by atoms with E-state index in [1.165, 1.54) is 6.42 Å². The quantitative estimate of drug-likeness (QED) is 0.860. The van der Waals surface area contributed by atoms with Gasteiger partial charge in [-0.25, -0.2) is 8.42 Å². The molecule has 1 N–H and O–H groups in total. The zero-order chi connectivity index (χ0) is 13.5. The number of hydrogen-bond donors (Lipinski definition) is 1. The average molecular weight is 280 g/mol. The number of sulfone groups is 1. The molecule has 1 aromatic rings. The lowest BCUT2D eigenvalue weighted by Gasteiger charge is -2.42. The Bertz CT molecular complexity index is 573. The third-order valence-electron chi connectivity index (χ3n) is 4.72. The van der Waals surface area contributed by atoms with Gasteiger partial charge in [-0.3, -0.25) is 0 Å². The highest BCUT2D eigenvalue weighted by atomic mass is 32.2. The highest BCUT2D eigenvalue weighted by molar-refractivity contribution is 7.91. The summed E-state index contributed by atoms with van der Waals surface area (Å²) in [6.45, 7) is 0. The molecular weight excluding hydrogens is 260 g/mol. The van der Waals surface area contributed by atoms with Gasteiger partial charge in [-0.2, -0.15) is 0 Å². The molecule has 0 radical (unpaired) electrons. The molecule has 0 spiro atoms. The van der Waals surface area contributed by atoms with E-state index in [9.17, 15) is 13.5 Å². The lowest BCUT2D eigenvalue weighted by Crippen LogP contribution is -2.42. The minimum Gasteiger partial charge on any atom is -0.385 e. The van der Waals surface area contributed by atoms with Crippen molar-refractivity contribution in [2.24, 2.45) is 5.92 Å². The van der Waals surface area contributed by atoms with Gasteiger partial charge in [0.1, 0.15) is 0 Å². The predicted molar refractivity (Wildman–Crippen MR) is 73.6 cm³/mol. The van der Waals surface area contributed by atoms with Crippen LogP contribution in [0.25, 0.3) is 0 Å². The van der Waals surface area contributed by atoms with E-state index < -0.39 is 15.4 Å². The summed E-state index contributed by atoms with van der Waals surface area (Å²) in [5, 5.41) is 11.1. The Morgan fingerprint density at radius 1 is 1.11 bits per heavy atom. The first-order valence-corrected chi connectivity index (χ1v) is 8.74. The molecule has 0 amide bonds. The molecule has 1 saturated carbocycles. The molecule has 3 rings (SSSR count). The summed E-state index contributed by atoms with van der Waals surface area (Å²) in [5.41, 5.74) is -0.310. The molecule has 2 aliphatic rings. The van der Waals surface area contributed by atoms with Gasteiger partial charge in [-0.15, -0.1) is 0 Å². The fourth-order valence-corrected chi connectivity index (χ4v) is 5.30. The minimum atomic E-state index is -3.21. The fraction of sp³-hybridized carbons (Fsp3) is 0.600. The van der Waals surface area contributed by atoms with Crippen molar-refractivity contribution in [1.29, 1.82) is 0 Å². The summed E-state index contributed by atoms with van der Waals surface area (Å²) in [6, 6.07) is 6.99. The summed E-state index contributed by atoms with van der Waals surface area (Å²) in [6.07, 6.45) is 5.86. The van der Waals surface area contributed by atoms with Crippen LogP contribution in [0.5, 0.6) is 0 Å². The zero-order valence-electron chi connectivity index (χ0n) is 11.0. The smallest absolute Gasteiger partial charge is 0.178 e. The van der Waals surface area contributed by atoms with Crippen LogP contribution in [0, 0.1) is 5.92 Å². The molecule has 3 nitrogen and oxygen atoms in total. The van der Waals surface area contributed by atoms with Crippen molar-refractivity contribution in [2.75, 3.05) is 5.75 Å². The van der Waals surface area contributed by atoms with Crippen molar-refractivity contribution in [1.82, 2.24) is 0 Å². The second-order valence-electron chi connectivity index (χ2n) is 5.82. The zero-order valence-corrected chi connectivity index (χ0v) is 11.8. The molecule has 1 unspecified atom stereocenters. The molecule has 0 saturated heterocycles. The van der Waals surface area contributed by atoms with E-state index in [1.54, 1.807) is 18.2 Å². The highest BCUT2D eigenvalue weighted by Crippen LogP contribution is 2.46. The predicted octanol–water partition coefficient (Wildman–Crippen LogP) is 2.63. The van der Waals surface area contributed by atoms with E-state index >= 15 is 0 Å². The summed E-state index contributed by atoms with van der Waals surface area (Å²) >= 11 is 0. The van der Waals surface area contributed by atoms with Crippen molar-refractivity contribution in [3.8, 4) is 0 Å². The maximum Gasteiger partial charge on any atom is 0.178 e. The van der Waals surface area contributed by atoms with Crippen molar-refractivity contribution in [3.63, 3.8) is 0 Å². The van der Waals surface area contributed by atoms with Gasteiger partial charge in [-0.1, -0.05) is 37.5 Å². The second kappa shape index (κ2) is 4.60. The van der Waals surface area contributed by atoms with Gasteiger partial charge in [0.15, 0.2) is 9.84 Å². The third kappa shape index (κ3) is 2.11. The summed E-state index contributed by atoms with van der Waals surface area (Å²) < 4.78 is 24.3. The molecule has 4 heteroatoms. The fourth-order valence-electron chi connectivity index (χ4n) is 3.63. The largest absolute Gasteiger partial charge is 0.385 e. The van der Waals surface area contributed by atoms with Crippen molar-refractivity contribution in [3.05, 3.63) is 29.8 Å². The molecule has 1 aliphatic carbocycles. The van der Waals surface area contributed by atoms with Gasteiger partial charge in [-0.05, 0) is 31.2 Å². The van der Waals surface area contributed by atoms with Crippen molar-refractivity contribution in [2.45, 2.75) is 49.0 Å². The van der Waals surface area contributed by atoms with E-state index in [4.69, 9.17) is 0 Å². The molecule has 0 bridgehead atoms. The molecule has 19 heavy (non-hydrogen) atoms. The molecule has 1 aliphatic heterocycles. The first-order chi connectivity index (χ1) is 9.04. The van der Waals surface area contributed by atoms with E-state index in [-0.39, 0.29) is 11.7 Å². The Morgan fingerprint density at radius 3 is 2.53 bits per heavy atom. The van der Waals surface area contributed by atoms with Gasteiger partial charge < -0.3 is 5.11 Å². The first-order valence-electron chi connectivity index (χ1n) is 7.09. The Morgan fingerprint density at radius 2 is 1.79 bits per heavy atom. The Hall–Kier alpha value is -0.870. The van der Waals surface area contributed by atoms with Crippen molar-refractivity contribution >= 4 is 9.84 Å². The first kappa shape index (κ1) is 13.1. The molecular formula is C15H20O3S. The molecule has 1 atom stereocenters. The van der Waals surface area contributed by atoms with E-state index in [1.807, 2.05) is 6.07 Å². The molecule has 104 valence electrons. The van der Waals surface area contributed by atoms with Crippen LogP contribution in [0.15, 0.2) is 29.2 Å². The maximum atomic E-state index is 12.1. The molecule has 0 aromatic heterocycles. The van der Waals surface area contributed by atoms with Gasteiger partial charge in [0, 0.05) is 5.56 Å². The standard InChI is InChI=1S/C15H20O3S/c16-15(12-6-2-1-3-7-12)10-11-19(17,18)14-9-5-4-8-13(14)15/h4-5,8-9,12,16H,1-3,6-7,10-11H2. The van der Waals surface area contributed by atoms with Gasteiger partial charge in [0.05, 0.1) is 16.2 Å². The van der Waals surface area contributed by atoms with Crippen LogP contribution < -0.4 is 0 Å². The van der Waals surface area contributed by atoms with Crippen LogP contribution in [0.3, 0.4) is 0 Å². The third-order valence-corrected chi connectivity index (χ3v) is 6.49. The van der Waals surface area contributed by atoms with Gasteiger partial charge in [0.2, 0.25) is 0 Å². The monoisotopic (exact) mass is 280 g/mol. The molecule has 1 aromatic carbocycles. The van der Waals surface area contributed by atoms with E-state index in [0.29, 0.717) is 16.9 Å². The Labute approximate surface area is 114 Å². The summed E-state index contributed by atoms with van der Waals surface area (Å²) in [5.74, 6) is 0.273. The van der Waals surface area contributed by atoms with Gasteiger partial charge >= 0.3 is 0 Å². The SMILES string of the molecule is O=S1(=O)CCC(O)(C2CCCCC2)c2ccccc21. The number of fused-ring (bicyclic) bond motifs is 1.